The minimum absolute atomic E-state index is 0.161. The molecule has 0 saturated carbocycles. The highest BCUT2D eigenvalue weighted by Crippen LogP contribution is 2.26. The lowest BCUT2D eigenvalue weighted by molar-refractivity contribution is -0.117. The molecule has 1 rings (SSSR count). The molecule has 4 nitrogen and oxygen atoms in total. The van der Waals surface area contributed by atoms with Crippen molar-refractivity contribution in [2.75, 3.05) is 5.32 Å². The van der Waals surface area contributed by atoms with E-state index in [1.807, 2.05) is 0 Å². The van der Waals surface area contributed by atoms with Crippen molar-refractivity contribution in [2.24, 2.45) is 5.73 Å². The van der Waals surface area contributed by atoms with E-state index in [4.69, 9.17) is 28.9 Å². The maximum absolute atomic E-state index is 11.3. The highest BCUT2D eigenvalue weighted by Gasteiger charge is 2.13. The molecule has 0 radical (unpaired) electrons. The Balaban J connectivity index is 3.00. The molecule has 1 heterocycles. The van der Waals surface area contributed by atoms with Gasteiger partial charge in [0.1, 0.15) is 5.15 Å². The number of nitrogens with two attached hydrogens (primary N) is 1. The number of aryl methyl sites for hydroxylation is 1. The van der Waals surface area contributed by atoms with Gasteiger partial charge >= 0.3 is 0 Å². The third-order valence-electron chi connectivity index (χ3n) is 1.80. The average molecular weight is 248 g/mol. The molecule has 0 fully saturated rings. The van der Waals surface area contributed by atoms with Gasteiger partial charge in [0.2, 0.25) is 5.91 Å². The zero-order valence-corrected chi connectivity index (χ0v) is 9.86. The van der Waals surface area contributed by atoms with E-state index in [2.05, 4.69) is 10.3 Å². The number of pyridine rings is 1. The topological polar surface area (TPSA) is 68.0 Å². The number of amides is 1. The Kier molecular flexibility index (Phi) is 3.90. The second-order valence-electron chi connectivity index (χ2n) is 3.21. The van der Waals surface area contributed by atoms with E-state index in [9.17, 15) is 4.79 Å². The molecule has 1 aromatic heterocycles. The van der Waals surface area contributed by atoms with Crippen LogP contribution in [0.3, 0.4) is 0 Å². The van der Waals surface area contributed by atoms with Crippen molar-refractivity contribution in [3.63, 3.8) is 0 Å². The molecule has 0 aliphatic heterocycles. The molecule has 82 valence electrons. The van der Waals surface area contributed by atoms with Crippen molar-refractivity contribution in [1.29, 1.82) is 0 Å². The Hall–Kier alpha value is -0.840. The fraction of sp³-hybridized carbons (Fsp3) is 0.333. The van der Waals surface area contributed by atoms with E-state index in [1.54, 1.807) is 19.9 Å². The lowest BCUT2D eigenvalue weighted by Crippen LogP contribution is -2.32. The number of hydrogen-bond donors (Lipinski definition) is 2. The lowest BCUT2D eigenvalue weighted by atomic mass is 10.2. The predicted octanol–water partition coefficient (Wildman–Crippen LogP) is 1.98. The summed E-state index contributed by atoms with van der Waals surface area (Å²) in [6.45, 7) is 3.36. The smallest absolute Gasteiger partial charge is 0.241 e. The second-order valence-corrected chi connectivity index (χ2v) is 3.95. The number of aromatic nitrogens is 1. The van der Waals surface area contributed by atoms with Crippen molar-refractivity contribution in [1.82, 2.24) is 4.98 Å². The largest absolute Gasteiger partial charge is 0.322 e. The Morgan fingerprint density at radius 3 is 2.67 bits per heavy atom. The Bertz CT molecular complexity index is 370. The van der Waals surface area contributed by atoms with Crippen molar-refractivity contribution in [3.05, 3.63) is 21.9 Å². The fourth-order valence-electron chi connectivity index (χ4n) is 0.983. The standard InChI is InChI=1S/C9H11Cl2N3O/c1-4-3-6(10)13-8(11)7(4)14-9(15)5(2)12/h3,5H,12H2,1-2H3,(H,14,15)/t5-/m1/s1. The van der Waals surface area contributed by atoms with Gasteiger partial charge in [0.25, 0.3) is 0 Å². The van der Waals surface area contributed by atoms with Crippen molar-refractivity contribution in [3.8, 4) is 0 Å². The quantitative estimate of drug-likeness (QED) is 0.786. The lowest BCUT2D eigenvalue weighted by Gasteiger charge is -2.11. The van der Waals surface area contributed by atoms with Crippen molar-refractivity contribution < 1.29 is 4.79 Å². The molecular formula is C9H11Cl2N3O. The molecule has 1 amide bonds. The number of nitrogens with one attached hydrogen (secondary N) is 1. The second kappa shape index (κ2) is 4.79. The van der Waals surface area contributed by atoms with Gasteiger partial charge < -0.3 is 11.1 Å². The maximum Gasteiger partial charge on any atom is 0.241 e. The third kappa shape index (κ3) is 3.06. The molecule has 0 aromatic carbocycles. The van der Waals surface area contributed by atoms with Gasteiger partial charge in [-0.25, -0.2) is 4.98 Å². The maximum atomic E-state index is 11.3. The van der Waals surface area contributed by atoms with Crippen LogP contribution in [0.25, 0.3) is 0 Å². The molecule has 1 aromatic rings. The van der Waals surface area contributed by atoms with Crippen LogP contribution in [0.1, 0.15) is 12.5 Å². The molecule has 1 atom stereocenters. The monoisotopic (exact) mass is 247 g/mol. The van der Waals surface area contributed by atoms with E-state index in [-0.39, 0.29) is 16.2 Å². The van der Waals surface area contributed by atoms with Crippen LogP contribution in [0.15, 0.2) is 6.07 Å². The molecule has 0 saturated heterocycles. The number of rotatable bonds is 2. The van der Waals surface area contributed by atoms with Gasteiger partial charge in [-0.3, -0.25) is 4.79 Å². The zero-order valence-electron chi connectivity index (χ0n) is 8.34. The van der Waals surface area contributed by atoms with Gasteiger partial charge in [-0.1, -0.05) is 23.2 Å². The molecule has 3 N–H and O–H groups in total. The number of carbonyl (C=O) groups is 1. The first-order valence-electron chi connectivity index (χ1n) is 4.31. The Morgan fingerprint density at radius 2 is 2.20 bits per heavy atom. The van der Waals surface area contributed by atoms with E-state index in [0.29, 0.717) is 5.69 Å². The van der Waals surface area contributed by atoms with Crippen LogP contribution in [0, 0.1) is 6.92 Å². The van der Waals surface area contributed by atoms with Gasteiger partial charge in [0.15, 0.2) is 5.15 Å². The van der Waals surface area contributed by atoms with Crippen molar-refractivity contribution >= 4 is 34.8 Å². The molecule has 6 heteroatoms. The summed E-state index contributed by atoms with van der Waals surface area (Å²) in [6, 6.07) is 1.01. The molecule has 0 aliphatic rings. The summed E-state index contributed by atoms with van der Waals surface area (Å²) in [4.78, 5) is 15.2. The van der Waals surface area contributed by atoms with Crippen LogP contribution in [0.5, 0.6) is 0 Å². The fourth-order valence-corrected chi connectivity index (χ4v) is 1.56. The summed E-state index contributed by atoms with van der Waals surface area (Å²) >= 11 is 11.5. The molecule has 0 unspecified atom stereocenters. The van der Waals surface area contributed by atoms with Gasteiger partial charge in [-0.15, -0.1) is 0 Å². The summed E-state index contributed by atoms with van der Waals surface area (Å²) in [7, 11) is 0. The van der Waals surface area contributed by atoms with Crippen molar-refractivity contribution in [2.45, 2.75) is 19.9 Å². The highest BCUT2D eigenvalue weighted by molar-refractivity contribution is 6.34. The van der Waals surface area contributed by atoms with Gasteiger partial charge in [0, 0.05) is 0 Å². The Labute approximate surface area is 97.8 Å². The van der Waals surface area contributed by atoms with Crippen LogP contribution in [0.2, 0.25) is 10.3 Å². The minimum atomic E-state index is -0.601. The number of anilines is 1. The van der Waals surface area contributed by atoms with Gasteiger partial charge in [0.05, 0.1) is 11.7 Å². The third-order valence-corrected chi connectivity index (χ3v) is 2.27. The summed E-state index contributed by atoms with van der Waals surface area (Å²) in [5.41, 5.74) is 6.60. The van der Waals surface area contributed by atoms with Crippen LogP contribution in [0.4, 0.5) is 5.69 Å². The normalized spacial score (nSPS) is 12.3. The van der Waals surface area contributed by atoms with Crippen LogP contribution >= 0.6 is 23.2 Å². The number of carbonyl (C=O) groups excluding carboxylic acids is 1. The van der Waals surface area contributed by atoms with E-state index in [0.717, 1.165) is 5.56 Å². The molecule has 15 heavy (non-hydrogen) atoms. The minimum Gasteiger partial charge on any atom is -0.322 e. The molecule has 0 aliphatic carbocycles. The molecule has 0 bridgehead atoms. The first-order chi connectivity index (χ1) is 6.91. The van der Waals surface area contributed by atoms with E-state index < -0.39 is 6.04 Å². The van der Waals surface area contributed by atoms with Gasteiger partial charge in [-0.05, 0) is 25.5 Å². The summed E-state index contributed by atoms with van der Waals surface area (Å²) in [5.74, 6) is -0.316. The zero-order chi connectivity index (χ0) is 11.6. The summed E-state index contributed by atoms with van der Waals surface area (Å²) in [6.07, 6.45) is 0. The predicted molar refractivity (Wildman–Crippen MR) is 61.3 cm³/mol. The number of halogens is 2. The first-order valence-corrected chi connectivity index (χ1v) is 5.06. The van der Waals surface area contributed by atoms with E-state index in [1.165, 1.54) is 0 Å². The first kappa shape index (κ1) is 12.2. The Morgan fingerprint density at radius 1 is 1.60 bits per heavy atom. The SMILES string of the molecule is Cc1cc(Cl)nc(Cl)c1NC(=O)[C@@H](C)N. The number of hydrogen-bond acceptors (Lipinski definition) is 3. The molecule has 0 spiro atoms. The van der Waals surface area contributed by atoms with Crippen LogP contribution in [-0.4, -0.2) is 16.9 Å². The molecular weight excluding hydrogens is 237 g/mol. The summed E-state index contributed by atoms with van der Waals surface area (Å²) in [5, 5.41) is 3.04. The van der Waals surface area contributed by atoms with Gasteiger partial charge in [-0.2, -0.15) is 0 Å². The van der Waals surface area contributed by atoms with Crippen LogP contribution < -0.4 is 11.1 Å². The highest BCUT2D eigenvalue weighted by atomic mass is 35.5. The van der Waals surface area contributed by atoms with E-state index >= 15 is 0 Å². The summed E-state index contributed by atoms with van der Waals surface area (Å²) < 4.78 is 0. The van der Waals surface area contributed by atoms with Crippen LogP contribution in [-0.2, 0) is 4.79 Å². The number of nitrogens with zero attached hydrogens (tertiary/aromatic N) is 1. The average Bonchev–Trinajstić information content (AvgIpc) is 2.10.